The summed E-state index contributed by atoms with van der Waals surface area (Å²) in [6.07, 6.45) is 6.96. The van der Waals surface area contributed by atoms with Gasteiger partial charge in [-0.15, -0.1) is 0 Å². The summed E-state index contributed by atoms with van der Waals surface area (Å²) in [4.78, 5) is 18.5. The van der Waals surface area contributed by atoms with Gasteiger partial charge in [0.25, 0.3) is 0 Å². The van der Waals surface area contributed by atoms with Crippen molar-refractivity contribution >= 4 is 17.6 Å². The van der Waals surface area contributed by atoms with Gasteiger partial charge in [-0.1, -0.05) is 0 Å². The lowest BCUT2D eigenvalue weighted by Gasteiger charge is -2.16. The van der Waals surface area contributed by atoms with Crippen molar-refractivity contribution in [2.45, 2.75) is 44.9 Å². The first kappa shape index (κ1) is 22.7. The van der Waals surface area contributed by atoms with E-state index in [9.17, 15) is 4.79 Å². The second kappa shape index (κ2) is 11.9. The number of hydrogen-bond donors (Lipinski definition) is 2. The third-order valence-corrected chi connectivity index (χ3v) is 5.85. The Kier molecular flexibility index (Phi) is 8.48. The Morgan fingerprint density at radius 1 is 1.16 bits per heavy atom. The zero-order valence-corrected chi connectivity index (χ0v) is 18.9. The number of fused-ring (bicyclic) bond motifs is 1. The summed E-state index contributed by atoms with van der Waals surface area (Å²) in [5.74, 6) is 3.33. The average molecular weight is 445 g/mol. The van der Waals surface area contributed by atoms with E-state index in [4.69, 9.17) is 19.2 Å². The highest BCUT2D eigenvalue weighted by Crippen LogP contribution is 2.32. The Morgan fingerprint density at radius 2 is 2.03 bits per heavy atom. The molecule has 1 aromatic carbocycles. The van der Waals surface area contributed by atoms with Crippen molar-refractivity contribution in [1.82, 2.24) is 10.2 Å². The predicted octanol–water partition coefficient (Wildman–Crippen LogP) is 3.03. The summed E-state index contributed by atoms with van der Waals surface area (Å²) >= 11 is 0. The molecule has 2 aliphatic heterocycles. The molecule has 8 nitrogen and oxygen atoms in total. The third-order valence-electron chi connectivity index (χ3n) is 5.85. The topological polar surface area (TPSA) is 84.4 Å². The molecular weight excluding hydrogens is 408 g/mol. The Labute approximate surface area is 190 Å². The number of benzene rings is 1. The first-order chi connectivity index (χ1) is 15.8. The minimum absolute atomic E-state index is 0.267. The molecule has 0 radical (unpaired) electrons. The molecule has 1 saturated carbocycles. The van der Waals surface area contributed by atoms with E-state index in [-0.39, 0.29) is 5.91 Å². The molecule has 1 saturated heterocycles. The summed E-state index contributed by atoms with van der Waals surface area (Å²) in [7, 11) is 0. The van der Waals surface area contributed by atoms with Crippen molar-refractivity contribution in [2.24, 2.45) is 10.9 Å². The fourth-order valence-corrected chi connectivity index (χ4v) is 3.83. The van der Waals surface area contributed by atoms with Gasteiger partial charge in [0.15, 0.2) is 17.5 Å². The highest BCUT2D eigenvalue weighted by atomic mass is 16.5. The molecule has 2 N–H and O–H groups in total. The van der Waals surface area contributed by atoms with Crippen molar-refractivity contribution in [3.63, 3.8) is 0 Å². The summed E-state index contributed by atoms with van der Waals surface area (Å²) in [6, 6.07) is 5.87. The summed E-state index contributed by atoms with van der Waals surface area (Å²) < 4.78 is 17.3. The first-order valence-electron chi connectivity index (χ1n) is 12.1. The number of carbonyl (C=O) groups is 1. The Balaban J connectivity index is 1.28. The number of rotatable bonds is 11. The fourth-order valence-electron chi connectivity index (χ4n) is 3.83. The van der Waals surface area contributed by atoms with Crippen LogP contribution in [-0.2, 0) is 9.53 Å². The lowest BCUT2D eigenvalue weighted by atomic mass is 10.2. The number of anilines is 1. The maximum atomic E-state index is 11.8. The van der Waals surface area contributed by atoms with Crippen molar-refractivity contribution in [3.05, 3.63) is 18.2 Å². The number of hydrogen-bond acceptors (Lipinski definition) is 5. The Hall–Kier alpha value is -2.48. The number of guanidine groups is 1. The van der Waals surface area contributed by atoms with Gasteiger partial charge in [-0.2, -0.15) is 0 Å². The lowest BCUT2D eigenvalue weighted by Crippen LogP contribution is -2.32. The van der Waals surface area contributed by atoms with Gasteiger partial charge < -0.3 is 29.7 Å². The van der Waals surface area contributed by atoms with Crippen LogP contribution in [0.25, 0.3) is 0 Å². The van der Waals surface area contributed by atoms with Gasteiger partial charge in [0.1, 0.15) is 0 Å². The largest absolute Gasteiger partial charge is 0.490 e. The zero-order valence-electron chi connectivity index (χ0n) is 18.9. The van der Waals surface area contributed by atoms with Crippen LogP contribution in [0.2, 0.25) is 0 Å². The van der Waals surface area contributed by atoms with Gasteiger partial charge >= 0.3 is 0 Å². The molecule has 2 heterocycles. The number of amides is 1. The van der Waals surface area contributed by atoms with Gasteiger partial charge in [0.05, 0.1) is 13.2 Å². The van der Waals surface area contributed by atoms with Crippen LogP contribution in [0.15, 0.2) is 23.2 Å². The Morgan fingerprint density at radius 3 is 2.84 bits per heavy atom. The van der Waals surface area contributed by atoms with Gasteiger partial charge in [-0.3, -0.25) is 9.79 Å². The number of ether oxygens (including phenoxy) is 3. The normalized spacial score (nSPS) is 18.6. The molecule has 1 amide bonds. The van der Waals surface area contributed by atoms with E-state index in [1.165, 1.54) is 12.8 Å². The van der Waals surface area contributed by atoms with Crippen LogP contribution in [0, 0.1) is 5.92 Å². The van der Waals surface area contributed by atoms with Crippen LogP contribution in [0.3, 0.4) is 0 Å². The molecule has 0 bridgehead atoms. The predicted molar refractivity (Wildman–Crippen MR) is 125 cm³/mol. The molecule has 8 heteroatoms. The highest BCUT2D eigenvalue weighted by molar-refractivity contribution is 5.94. The smallest absolute Gasteiger partial charge is 0.222 e. The maximum absolute atomic E-state index is 11.8. The van der Waals surface area contributed by atoms with Gasteiger partial charge in [-0.25, -0.2) is 0 Å². The molecule has 2 fully saturated rings. The monoisotopic (exact) mass is 444 g/mol. The minimum Gasteiger partial charge on any atom is -0.490 e. The van der Waals surface area contributed by atoms with Crippen LogP contribution in [-0.4, -0.2) is 69.4 Å². The van der Waals surface area contributed by atoms with Crippen molar-refractivity contribution in [1.29, 1.82) is 0 Å². The molecule has 0 atom stereocenters. The molecule has 1 aromatic rings. The van der Waals surface area contributed by atoms with E-state index in [1.807, 2.05) is 23.1 Å². The quantitative estimate of drug-likeness (QED) is 0.310. The van der Waals surface area contributed by atoms with Gasteiger partial charge in [0, 0.05) is 64.0 Å². The van der Waals surface area contributed by atoms with E-state index in [0.717, 1.165) is 87.6 Å². The van der Waals surface area contributed by atoms with E-state index >= 15 is 0 Å². The molecule has 4 rings (SSSR count). The van der Waals surface area contributed by atoms with Crippen LogP contribution in [0.1, 0.15) is 44.9 Å². The zero-order chi connectivity index (χ0) is 22.0. The van der Waals surface area contributed by atoms with E-state index in [1.54, 1.807) is 0 Å². The van der Waals surface area contributed by atoms with Gasteiger partial charge in [-0.05, 0) is 50.2 Å². The molecule has 0 spiro atoms. The maximum Gasteiger partial charge on any atom is 0.222 e. The van der Waals surface area contributed by atoms with Crippen molar-refractivity contribution in [2.75, 3.05) is 57.9 Å². The standard InChI is InChI=1S/C24H36N4O4/c29-23-5-1-12-28(23)13-2-10-25-24(26-11-3-14-30-18-19-6-7-19)27-20-8-9-21-22(17-20)32-16-4-15-31-21/h8-9,17,19H,1-7,10-16,18H2,(H2,25,26,27). The summed E-state index contributed by atoms with van der Waals surface area (Å²) in [6.45, 7) is 6.08. The van der Waals surface area contributed by atoms with Crippen LogP contribution in [0.5, 0.6) is 11.5 Å². The number of nitrogens with zero attached hydrogens (tertiary/aromatic N) is 2. The van der Waals surface area contributed by atoms with Gasteiger partial charge in [0.2, 0.25) is 5.91 Å². The second-order valence-electron chi connectivity index (χ2n) is 8.70. The van der Waals surface area contributed by atoms with Crippen LogP contribution < -0.4 is 20.1 Å². The van der Waals surface area contributed by atoms with E-state index in [2.05, 4.69) is 10.6 Å². The SMILES string of the molecule is O=C1CCCN1CCCN=C(NCCCOCC1CC1)Nc1ccc2c(c1)OCCCO2. The summed E-state index contributed by atoms with van der Waals surface area (Å²) in [5.41, 5.74) is 0.903. The average Bonchev–Trinajstić information content (AvgIpc) is 3.57. The van der Waals surface area contributed by atoms with E-state index in [0.29, 0.717) is 26.2 Å². The molecule has 32 heavy (non-hydrogen) atoms. The van der Waals surface area contributed by atoms with Crippen molar-refractivity contribution < 1.29 is 19.0 Å². The molecular formula is C24H36N4O4. The lowest BCUT2D eigenvalue weighted by molar-refractivity contribution is -0.127. The molecule has 0 unspecified atom stereocenters. The summed E-state index contributed by atoms with van der Waals surface area (Å²) in [5, 5.41) is 6.80. The Bertz CT molecular complexity index is 781. The van der Waals surface area contributed by atoms with Crippen LogP contribution in [0.4, 0.5) is 5.69 Å². The highest BCUT2D eigenvalue weighted by Gasteiger charge is 2.21. The number of carbonyl (C=O) groups excluding carboxylic acids is 1. The molecule has 176 valence electrons. The number of aliphatic imine (C=N–C) groups is 1. The van der Waals surface area contributed by atoms with Crippen LogP contribution >= 0.6 is 0 Å². The fraction of sp³-hybridized carbons (Fsp3) is 0.667. The third kappa shape index (κ3) is 7.29. The minimum atomic E-state index is 0.267. The number of likely N-dealkylation sites (tertiary alicyclic amines) is 1. The molecule has 3 aliphatic rings. The second-order valence-corrected chi connectivity index (χ2v) is 8.70. The van der Waals surface area contributed by atoms with E-state index < -0.39 is 0 Å². The van der Waals surface area contributed by atoms with Crippen molar-refractivity contribution in [3.8, 4) is 11.5 Å². The first-order valence-corrected chi connectivity index (χ1v) is 12.1. The molecule has 1 aliphatic carbocycles. The molecule has 0 aromatic heterocycles. The number of nitrogens with one attached hydrogen (secondary N) is 2.